The maximum atomic E-state index is 12.0. The Balaban J connectivity index is 1.34. The third-order valence-corrected chi connectivity index (χ3v) is 12.0. The summed E-state index contributed by atoms with van der Waals surface area (Å²) in [6.45, 7) is -1.72. The molecule has 0 spiro atoms. The lowest BCUT2D eigenvalue weighted by Gasteiger charge is -2.46. The largest absolute Gasteiger partial charge is 0.508 e. The average molecular weight is 919 g/mol. The predicted molar refractivity (Wildman–Crippen MR) is 210 cm³/mol. The molecule has 8 rings (SSSR count). The summed E-state index contributed by atoms with van der Waals surface area (Å²) in [4.78, 5) is 0. The lowest BCUT2D eigenvalue weighted by molar-refractivity contribution is -0.319. The van der Waals surface area contributed by atoms with Crippen LogP contribution in [-0.2, 0) is 25.4 Å². The van der Waals surface area contributed by atoms with Crippen LogP contribution in [0.2, 0.25) is 0 Å². The SMILES string of the molecule is OC[C@H]1O[C@@H](O[C@@H]2[C@@H](c3c(O)cc(O)c4c3O[C@H](c3cc(O)c(O)c(O)c3)[C@H](O[C@@H]3O[C@H](CO)[C@@H](O)[C@H](O)[C@H]3O)C4)c3c(O)cc(O)cc3O[C@@H]2c2ccc(O)c(O)c2)[C@H](O)[C@@H](O)[C@@H]1O. The van der Waals surface area contributed by atoms with Crippen LogP contribution in [0, 0.1) is 0 Å². The number of aromatic hydroxyl groups is 9. The van der Waals surface area contributed by atoms with E-state index in [2.05, 4.69) is 0 Å². The van der Waals surface area contributed by atoms with Crippen LogP contribution in [0.3, 0.4) is 0 Å². The Hall–Kier alpha value is -5.80. The van der Waals surface area contributed by atoms with Gasteiger partial charge in [0.25, 0.3) is 0 Å². The van der Waals surface area contributed by atoms with Crippen LogP contribution in [0.15, 0.2) is 48.5 Å². The van der Waals surface area contributed by atoms with Gasteiger partial charge in [-0.15, -0.1) is 0 Å². The van der Waals surface area contributed by atoms with Gasteiger partial charge in [-0.3, -0.25) is 0 Å². The van der Waals surface area contributed by atoms with Gasteiger partial charge in [0.1, 0.15) is 95.5 Å². The Kier molecular flexibility index (Phi) is 12.3. The normalized spacial score (nSPS) is 33.3. The van der Waals surface area contributed by atoms with Crippen molar-refractivity contribution in [3.05, 3.63) is 76.3 Å². The van der Waals surface area contributed by atoms with E-state index in [0.717, 1.165) is 42.5 Å². The summed E-state index contributed by atoms with van der Waals surface area (Å²) in [6.07, 6.45) is -25.3. The molecule has 352 valence electrons. The Labute approximate surface area is 365 Å². The first-order chi connectivity index (χ1) is 30.8. The van der Waals surface area contributed by atoms with Gasteiger partial charge in [-0.25, -0.2) is 0 Å². The Morgan fingerprint density at radius 2 is 1.08 bits per heavy atom. The molecule has 65 heavy (non-hydrogen) atoms. The van der Waals surface area contributed by atoms with Crippen LogP contribution in [0.4, 0.5) is 0 Å². The minimum atomic E-state index is -2.06. The number of aliphatic hydroxyl groups is 8. The standard InChI is InChI=1S/C42H46O23/c43-10-25-31(54)33(56)35(58)41(62-25)61-24-8-15-17(47)9-20(50)28(39(15)64-37(24)13-4-21(51)30(53)22(52)5-13)29-27-19(49)6-14(45)7-23(27)60-38(12-1-2-16(46)18(48)3-12)40(29)65-42-36(59)34(57)32(55)26(11-44)63-42/h1-7,9,24-26,29,31-38,40-59H,8,10-11H2/t24-,25-,26-,29-,31-,32-,33+,34+,35-,36-,37-,38-,40-,41-,42+/m1/s1. The second-order valence-corrected chi connectivity index (χ2v) is 16.1. The van der Waals surface area contributed by atoms with Crippen molar-refractivity contribution >= 4 is 0 Å². The van der Waals surface area contributed by atoms with E-state index in [-0.39, 0.29) is 33.6 Å². The maximum absolute atomic E-state index is 12.0. The lowest BCUT2D eigenvalue weighted by atomic mass is 9.77. The van der Waals surface area contributed by atoms with Crippen molar-refractivity contribution in [2.75, 3.05) is 13.2 Å². The maximum Gasteiger partial charge on any atom is 0.200 e. The van der Waals surface area contributed by atoms with Gasteiger partial charge in [0.2, 0.25) is 0 Å². The van der Waals surface area contributed by atoms with Crippen LogP contribution < -0.4 is 9.47 Å². The first kappa shape index (κ1) is 45.8. The zero-order valence-electron chi connectivity index (χ0n) is 33.5. The number of fused-ring (bicyclic) bond motifs is 2. The summed E-state index contributed by atoms with van der Waals surface area (Å²) in [5.74, 6) is -8.99. The van der Waals surface area contributed by atoms with E-state index in [4.69, 9.17) is 28.4 Å². The van der Waals surface area contributed by atoms with Gasteiger partial charge < -0.3 is 115 Å². The van der Waals surface area contributed by atoms with Crippen molar-refractivity contribution in [1.29, 1.82) is 0 Å². The number of phenolic OH excluding ortho intramolecular Hbond substituents is 9. The molecular formula is C42H46O23. The highest BCUT2D eigenvalue weighted by molar-refractivity contribution is 5.66. The van der Waals surface area contributed by atoms with Crippen LogP contribution in [0.1, 0.15) is 45.9 Å². The van der Waals surface area contributed by atoms with Crippen LogP contribution >= 0.6 is 0 Å². The number of aliphatic hydroxyl groups excluding tert-OH is 8. The van der Waals surface area contributed by atoms with E-state index in [1.807, 2.05) is 0 Å². The van der Waals surface area contributed by atoms with Gasteiger partial charge in [-0.2, -0.15) is 0 Å². The van der Waals surface area contributed by atoms with Crippen LogP contribution in [-0.4, -0.2) is 174 Å². The summed E-state index contributed by atoms with van der Waals surface area (Å²) < 4.78 is 36.6. The molecule has 0 amide bonds. The molecule has 23 nitrogen and oxygen atoms in total. The second-order valence-electron chi connectivity index (χ2n) is 16.1. The fourth-order valence-corrected chi connectivity index (χ4v) is 8.70. The van der Waals surface area contributed by atoms with Crippen molar-refractivity contribution in [2.24, 2.45) is 0 Å². The molecule has 17 N–H and O–H groups in total. The zero-order chi connectivity index (χ0) is 46.9. The Morgan fingerprint density at radius 1 is 0.508 bits per heavy atom. The minimum absolute atomic E-state index is 0.00217. The quantitative estimate of drug-likeness (QED) is 0.0836. The summed E-state index contributed by atoms with van der Waals surface area (Å²) in [5.41, 5.74) is -0.984. The Bertz CT molecular complexity index is 2390. The third kappa shape index (κ3) is 8.04. The first-order valence-corrected chi connectivity index (χ1v) is 20.0. The fourth-order valence-electron chi connectivity index (χ4n) is 8.70. The van der Waals surface area contributed by atoms with E-state index in [1.165, 1.54) is 6.07 Å². The predicted octanol–water partition coefficient (Wildman–Crippen LogP) is -1.65. The van der Waals surface area contributed by atoms with Gasteiger partial charge in [0.05, 0.1) is 19.1 Å². The molecule has 4 aromatic carbocycles. The molecule has 0 aliphatic carbocycles. The molecule has 4 aliphatic heterocycles. The van der Waals surface area contributed by atoms with Crippen molar-refractivity contribution in [3.63, 3.8) is 0 Å². The summed E-state index contributed by atoms with van der Waals surface area (Å²) in [6, 6.07) is 8.14. The van der Waals surface area contributed by atoms with Crippen molar-refractivity contribution in [1.82, 2.24) is 0 Å². The fraction of sp³-hybridized carbons (Fsp3) is 0.429. The number of hydrogen-bond acceptors (Lipinski definition) is 23. The number of hydrogen-bond donors (Lipinski definition) is 17. The summed E-state index contributed by atoms with van der Waals surface area (Å²) in [5, 5.41) is 182. The van der Waals surface area contributed by atoms with Crippen molar-refractivity contribution in [3.8, 4) is 63.2 Å². The van der Waals surface area contributed by atoms with Crippen molar-refractivity contribution < 1.29 is 115 Å². The molecule has 4 aromatic rings. The highest BCUT2D eigenvalue weighted by Gasteiger charge is 2.53. The monoisotopic (exact) mass is 918 g/mol. The van der Waals surface area contributed by atoms with E-state index >= 15 is 0 Å². The summed E-state index contributed by atoms with van der Waals surface area (Å²) >= 11 is 0. The summed E-state index contributed by atoms with van der Waals surface area (Å²) in [7, 11) is 0. The van der Waals surface area contributed by atoms with Crippen LogP contribution in [0.25, 0.3) is 0 Å². The molecule has 0 aromatic heterocycles. The minimum Gasteiger partial charge on any atom is -0.508 e. The van der Waals surface area contributed by atoms with E-state index < -0.39 is 169 Å². The Morgan fingerprint density at radius 3 is 1.66 bits per heavy atom. The smallest absolute Gasteiger partial charge is 0.200 e. The van der Waals surface area contributed by atoms with Gasteiger partial charge in [-0.1, -0.05) is 6.07 Å². The number of ether oxygens (including phenoxy) is 6. The molecule has 2 fully saturated rings. The van der Waals surface area contributed by atoms with Crippen LogP contribution in [0.5, 0.6) is 63.2 Å². The topological polar surface area (TPSA) is 399 Å². The second kappa shape index (κ2) is 17.5. The molecule has 0 saturated carbocycles. The van der Waals surface area contributed by atoms with E-state index in [9.17, 15) is 86.8 Å². The molecule has 2 saturated heterocycles. The van der Waals surface area contributed by atoms with E-state index in [1.54, 1.807) is 0 Å². The molecule has 0 unspecified atom stereocenters. The van der Waals surface area contributed by atoms with Gasteiger partial charge >= 0.3 is 0 Å². The van der Waals surface area contributed by atoms with Gasteiger partial charge in [0, 0.05) is 46.9 Å². The number of benzene rings is 4. The molecule has 4 aliphatic rings. The average Bonchev–Trinajstić information content (AvgIpc) is 3.26. The molecule has 4 heterocycles. The molecule has 23 heteroatoms. The van der Waals surface area contributed by atoms with E-state index in [0.29, 0.717) is 0 Å². The zero-order valence-corrected chi connectivity index (χ0v) is 33.5. The highest BCUT2D eigenvalue weighted by Crippen LogP contribution is 2.59. The highest BCUT2D eigenvalue weighted by atomic mass is 16.7. The molecule has 0 radical (unpaired) electrons. The van der Waals surface area contributed by atoms with Gasteiger partial charge in [-0.05, 0) is 29.8 Å². The number of rotatable bonds is 9. The molecule has 0 bridgehead atoms. The third-order valence-electron chi connectivity index (χ3n) is 12.0. The van der Waals surface area contributed by atoms with Gasteiger partial charge in [0.15, 0.2) is 53.5 Å². The lowest BCUT2D eigenvalue weighted by Crippen LogP contribution is -2.60. The first-order valence-electron chi connectivity index (χ1n) is 20.0. The molecular weight excluding hydrogens is 872 g/mol. The van der Waals surface area contributed by atoms with Crippen molar-refractivity contribution in [2.45, 2.75) is 98.2 Å². The molecule has 15 atom stereocenters. The number of phenols is 9.